The molecule has 1 amide bonds. The summed E-state index contributed by atoms with van der Waals surface area (Å²) in [6.07, 6.45) is 2.10. The van der Waals surface area contributed by atoms with Gasteiger partial charge in [-0.3, -0.25) is 4.79 Å². The number of benzene rings is 1. The topological polar surface area (TPSA) is 32.3 Å². The molecular formula is C16H22F2N2O. The lowest BCUT2D eigenvalue weighted by Gasteiger charge is -2.33. The van der Waals surface area contributed by atoms with Crippen LogP contribution in [0.15, 0.2) is 18.2 Å². The van der Waals surface area contributed by atoms with Crippen molar-refractivity contribution in [3.8, 4) is 0 Å². The largest absolute Gasteiger partial charge is 0.336 e. The van der Waals surface area contributed by atoms with Crippen molar-refractivity contribution in [1.82, 2.24) is 10.2 Å². The predicted octanol–water partition coefficient (Wildman–Crippen LogP) is 2.82. The second-order valence-electron chi connectivity index (χ2n) is 5.86. The van der Waals surface area contributed by atoms with E-state index in [9.17, 15) is 13.6 Å². The molecule has 1 N–H and O–H groups in total. The molecule has 1 aliphatic rings. The van der Waals surface area contributed by atoms with E-state index in [1.165, 1.54) is 6.07 Å². The maximum atomic E-state index is 13.8. The maximum Gasteiger partial charge on any atom is 0.260 e. The third kappa shape index (κ3) is 3.79. The molecule has 116 valence electrons. The van der Waals surface area contributed by atoms with Gasteiger partial charge in [0.05, 0.1) is 0 Å². The number of piperidine rings is 1. The van der Waals surface area contributed by atoms with Gasteiger partial charge in [-0.25, -0.2) is 8.78 Å². The van der Waals surface area contributed by atoms with Crippen LogP contribution in [0, 0.1) is 17.6 Å². The SMILES string of the molecule is CC(C)N(CC1CCCNC1)C(=O)c1c(F)cccc1F. The molecule has 5 heteroatoms. The van der Waals surface area contributed by atoms with Crippen molar-refractivity contribution in [2.45, 2.75) is 32.7 Å². The van der Waals surface area contributed by atoms with Crippen molar-refractivity contribution >= 4 is 5.91 Å². The second kappa shape index (κ2) is 6.98. The fourth-order valence-corrected chi connectivity index (χ4v) is 2.73. The molecule has 3 nitrogen and oxygen atoms in total. The average Bonchev–Trinajstić information content (AvgIpc) is 2.45. The van der Waals surface area contributed by atoms with Crippen LogP contribution in [0.4, 0.5) is 8.78 Å². The minimum absolute atomic E-state index is 0.0987. The number of nitrogens with zero attached hydrogens (tertiary/aromatic N) is 1. The summed E-state index contributed by atoms with van der Waals surface area (Å²) in [4.78, 5) is 14.1. The Morgan fingerprint density at radius 3 is 2.57 bits per heavy atom. The molecule has 1 aromatic rings. The summed E-state index contributed by atoms with van der Waals surface area (Å²) >= 11 is 0. The monoisotopic (exact) mass is 296 g/mol. The average molecular weight is 296 g/mol. The van der Waals surface area contributed by atoms with Crippen LogP contribution in [0.3, 0.4) is 0 Å². The standard InChI is InChI=1S/C16H22F2N2O/c1-11(2)20(10-12-5-4-8-19-9-12)16(21)15-13(17)6-3-7-14(15)18/h3,6-7,11-12,19H,4-5,8-10H2,1-2H3. The van der Waals surface area contributed by atoms with Crippen LogP contribution in [0.25, 0.3) is 0 Å². The Kier molecular flexibility index (Phi) is 5.28. The van der Waals surface area contributed by atoms with Crippen molar-refractivity contribution < 1.29 is 13.6 Å². The van der Waals surface area contributed by atoms with Crippen LogP contribution in [0.5, 0.6) is 0 Å². The van der Waals surface area contributed by atoms with Crippen LogP contribution < -0.4 is 5.32 Å². The molecule has 1 aliphatic heterocycles. The van der Waals surface area contributed by atoms with Gasteiger partial charge in [0.15, 0.2) is 0 Å². The van der Waals surface area contributed by atoms with E-state index in [1.807, 2.05) is 13.8 Å². The number of rotatable bonds is 4. The number of carbonyl (C=O) groups excluding carboxylic acids is 1. The summed E-state index contributed by atoms with van der Waals surface area (Å²) in [6.45, 7) is 6.10. The van der Waals surface area contributed by atoms with Crippen molar-refractivity contribution in [2.24, 2.45) is 5.92 Å². The molecule has 0 bridgehead atoms. The molecule has 0 radical (unpaired) electrons. The molecule has 0 saturated carbocycles. The zero-order chi connectivity index (χ0) is 15.4. The van der Waals surface area contributed by atoms with Crippen LogP contribution in [-0.4, -0.2) is 36.5 Å². The molecule has 2 rings (SSSR count). The molecular weight excluding hydrogens is 274 g/mol. The highest BCUT2D eigenvalue weighted by molar-refractivity contribution is 5.95. The summed E-state index contributed by atoms with van der Waals surface area (Å²) in [7, 11) is 0. The summed E-state index contributed by atoms with van der Waals surface area (Å²) in [5.74, 6) is -1.83. The van der Waals surface area contributed by atoms with Gasteiger partial charge in [0.25, 0.3) is 5.91 Å². The Morgan fingerprint density at radius 2 is 2.05 bits per heavy atom. The van der Waals surface area contributed by atoms with Gasteiger partial charge < -0.3 is 10.2 Å². The Labute approximate surface area is 124 Å². The Morgan fingerprint density at radius 1 is 1.38 bits per heavy atom. The fourth-order valence-electron chi connectivity index (χ4n) is 2.73. The smallest absolute Gasteiger partial charge is 0.260 e. The minimum Gasteiger partial charge on any atom is -0.336 e. The fraction of sp³-hybridized carbons (Fsp3) is 0.562. The number of amides is 1. The molecule has 0 spiro atoms. The van der Waals surface area contributed by atoms with E-state index in [4.69, 9.17) is 0 Å². The number of hydrogen-bond acceptors (Lipinski definition) is 2. The zero-order valence-corrected chi connectivity index (χ0v) is 12.5. The van der Waals surface area contributed by atoms with Gasteiger partial charge in [0.2, 0.25) is 0 Å². The number of carbonyl (C=O) groups is 1. The van der Waals surface area contributed by atoms with E-state index in [0.717, 1.165) is 38.1 Å². The van der Waals surface area contributed by atoms with Crippen LogP contribution in [0.2, 0.25) is 0 Å². The quantitative estimate of drug-likeness (QED) is 0.926. The van der Waals surface area contributed by atoms with E-state index in [2.05, 4.69) is 5.32 Å². The van der Waals surface area contributed by atoms with Crippen LogP contribution in [0.1, 0.15) is 37.0 Å². The van der Waals surface area contributed by atoms with Crippen molar-refractivity contribution in [3.05, 3.63) is 35.4 Å². The van der Waals surface area contributed by atoms with E-state index in [-0.39, 0.29) is 6.04 Å². The molecule has 21 heavy (non-hydrogen) atoms. The summed E-state index contributed by atoms with van der Waals surface area (Å²) < 4.78 is 27.6. The molecule has 1 heterocycles. The predicted molar refractivity (Wildman–Crippen MR) is 78.1 cm³/mol. The van der Waals surface area contributed by atoms with Crippen molar-refractivity contribution in [1.29, 1.82) is 0 Å². The number of halogens is 2. The summed E-state index contributed by atoms with van der Waals surface area (Å²) in [6, 6.07) is 3.42. The highest BCUT2D eigenvalue weighted by Gasteiger charge is 2.27. The molecule has 1 saturated heterocycles. The highest BCUT2D eigenvalue weighted by atomic mass is 19.1. The first-order valence-corrected chi connectivity index (χ1v) is 7.46. The normalized spacial score (nSPS) is 18.8. The third-order valence-corrected chi connectivity index (χ3v) is 3.91. The first kappa shape index (κ1) is 15.9. The van der Waals surface area contributed by atoms with E-state index >= 15 is 0 Å². The Bertz CT molecular complexity index is 479. The lowest BCUT2D eigenvalue weighted by molar-refractivity contribution is 0.0651. The molecule has 1 fully saturated rings. The first-order chi connectivity index (χ1) is 10.0. The van der Waals surface area contributed by atoms with Crippen LogP contribution >= 0.6 is 0 Å². The van der Waals surface area contributed by atoms with Crippen molar-refractivity contribution in [2.75, 3.05) is 19.6 Å². The van der Waals surface area contributed by atoms with Gasteiger partial charge in [0, 0.05) is 12.6 Å². The zero-order valence-electron chi connectivity index (χ0n) is 12.5. The second-order valence-corrected chi connectivity index (χ2v) is 5.86. The lowest BCUT2D eigenvalue weighted by Crippen LogP contribution is -2.44. The summed E-state index contributed by atoms with van der Waals surface area (Å²) in [5, 5.41) is 3.29. The maximum absolute atomic E-state index is 13.8. The van der Waals surface area contributed by atoms with Gasteiger partial charge in [-0.1, -0.05) is 6.07 Å². The number of hydrogen-bond donors (Lipinski definition) is 1. The minimum atomic E-state index is -0.799. The highest BCUT2D eigenvalue weighted by Crippen LogP contribution is 2.19. The van der Waals surface area contributed by atoms with Crippen molar-refractivity contribution in [3.63, 3.8) is 0 Å². The van der Waals surface area contributed by atoms with E-state index < -0.39 is 23.1 Å². The molecule has 0 aromatic heterocycles. The Hall–Kier alpha value is -1.49. The van der Waals surface area contributed by atoms with Gasteiger partial charge in [-0.15, -0.1) is 0 Å². The lowest BCUT2D eigenvalue weighted by atomic mass is 9.98. The first-order valence-electron chi connectivity index (χ1n) is 7.46. The number of nitrogens with one attached hydrogen (secondary N) is 1. The van der Waals surface area contributed by atoms with Gasteiger partial charge >= 0.3 is 0 Å². The Balaban J connectivity index is 2.19. The summed E-state index contributed by atoms with van der Waals surface area (Å²) in [5.41, 5.74) is -0.449. The van der Waals surface area contributed by atoms with E-state index in [1.54, 1.807) is 4.90 Å². The molecule has 1 aromatic carbocycles. The van der Waals surface area contributed by atoms with Gasteiger partial charge in [0.1, 0.15) is 17.2 Å². The molecule has 1 unspecified atom stereocenters. The van der Waals surface area contributed by atoms with E-state index in [0.29, 0.717) is 12.5 Å². The van der Waals surface area contributed by atoms with Gasteiger partial charge in [-0.2, -0.15) is 0 Å². The molecule has 0 aliphatic carbocycles. The van der Waals surface area contributed by atoms with Crippen LogP contribution in [-0.2, 0) is 0 Å². The molecule has 1 atom stereocenters. The third-order valence-electron chi connectivity index (χ3n) is 3.91. The van der Waals surface area contributed by atoms with Gasteiger partial charge in [-0.05, 0) is 57.8 Å².